The summed E-state index contributed by atoms with van der Waals surface area (Å²) in [6.07, 6.45) is 3.70. The Hall–Kier alpha value is 0.180. The Labute approximate surface area is 116 Å². The molecule has 0 aliphatic carbocycles. The quantitative estimate of drug-likeness (QED) is 0.556. The lowest BCUT2D eigenvalue weighted by atomic mass is 10.3. The average Bonchev–Trinajstić information content (AvgIpc) is 2.31. The number of rotatable bonds is 11. The van der Waals surface area contributed by atoms with E-state index in [1.807, 2.05) is 20.1 Å². The van der Waals surface area contributed by atoms with Crippen molar-refractivity contribution in [3.8, 4) is 0 Å². The molecule has 0 fully saturated rings. The SMILES string of the molecule is CCNCCCN(C)S(=O)(=O)NC(C)CCSC. The number of thioether (sulfide) groups is 1. The van der Waals surface area contributed by atoms with E-state index in [2.05, 4.69) is 10.0 Å². The molecule has 5 nitrogen and oxygen atoms in total. The highest BCUT2D eigenvalue weighted by Crippen LogP contribution is 2.03. The minimum atomic E-state index is -3.33. The van der Waals surface area contributed by atoms with Crippen LogP contribution in [-0.2, 0) is 10.2 Å². The van der Waals surface area contributed by atoms with Crippen molar-refractivity contribution in [2.45, 2.75) is 32.7 Å². The highest BCUT2D eigenvalue weighted by atomic mass is 32.2. The summed E-state index contributed by atoms with van der Waals surface area (Å²) in [5, 5.41) is 3.18. The monoisotopic (exact) mass is 297 g/mol. The van der Waals surface area contributed by atoms with Crippen LogP contribution in [0.1, 0.15) is 26.7 Å². The molecule has 0 aromatic carbocycles. The van der Waals surface area contributed by atoms with Crippen LogP contribution in [-0.4, -0.2) is 57.5 Å². The summed E-state index contributed by atoms with van der Waals surface area (Å²) in [4.78, 5) is 0. The summed E-state index contributed by atoms with van der Waals surface area (Å²) in [6.45, 7) is 6.24. The molecule has 0 heterocycles. The van der Waals surface area contributed by atoms with E-state index in [1.165, 1.54) is 4.31 Å². The molecule has 0 aromatic heterocycles. The van der Waals surface area contributed by atoms with Gasteiger partial charge >= 0.3 is 0 Å². The molecule has 1 unspecified atom stereocenters. The van der Waals surface area contributed by atoms with E-state index in [-0.39, 0.29) is 6.04 Å². The van der Waals surface area contributed by atoms with Gasteiger partial charge in [-0.3, -0.25) is 0 Å². The third-order valence-corrected chi connectivity index (χ3v) is 4.94. The number of nitrogens with one attached hydrogen (secondary N) is 2. The zero-order valence-electron chi connectivity index (χ0n) is 11.9. The smallest absolute Gasteiger partial charge is 0.279 e. The molecule has 18 heavy (non-hydrogen) atoms. The van der Waals surface area contributed by atoms with Crippen LogP contribution in [0.25, 0.3) is 0 Å². The number of hydrogen-bond acceptors (Lipinski definition) is 4. The second-order valence-electron chi connectivity index (χ2n) is 4.33. The lowest BCUT2D eigenvalue weighted by molar-refractivity contribution is 0.437. The van der Waals surface area contributed by atoms with Gasteiger partial charge in [0, 0.05) is 19.6 Å². The van der Waals surface area contributed by atoms with Gasteiger partial charge in [-0.05, 0) is 44.9 Å². The molecule has 0 rings (SSSR count). The molecule has 1 atom stereocenters. The minimum Gasteiger partial charge on any atom is -0.317 e. The van der Waals surface area contributed by atoms with Crippen molar-refractivity contribution >= 4 is 22.0 Å². The van der Waals surface area contributed by atoms with E-state index in [9.17, 15) is 8.42 Å². The van der Waals surface area contributed by atoms with Gasteiger partial charge in [0.05, 0.1) is 0 Å². The standard InChI is InChI=1S/C11H27N3O2S2/c1-5-12-8-6-9-14(3)18(15,16)13-11(2)7-10-17-4/h11-13H,5-10H2,1-4H3. The fourth-order valence-corrected chi connectivity index (χ4v) is 3.19. The topological polar surface area (TPSA) is 61.4 Å². The van der Waals surface area contributed by atoms with E-state index in [0.717, 1.165) is 31.7 Å². The number of hydrogen-bond donors (Lipinski definition) is 2. The Morgan fingerprint density at radius 3 is 2.61 bits per heavy atom. The molecule has 0 amide bonds. The summed E-state index contributed by atoms with van der Waals surface area (Å²) in [5.74, 6) is 0.966. The first-order chi connectivity index (χ1) is 8.44. The molecule has 7 heteroatoms. The maximum absolute atomic E-state index is 12.0. The summed E-state index contributed by atoms with van der Waals surface area (Å²) >= 11 is 1.73. The van der Waals surface area contributed by atoms with Gasteiger partial charge < -0.3 is 5.32 Å². The van der Waals surface area contributed by atoms with Crippen LogP contribution in [0, 0.1) is 0 Å². The summed E-state index contributed by atoms with van der Waals surface area (Å²) < 4.78 is 28.0. The van der Waals surface area contributed by atoms with Crippen LogP contribution in [0.2, 0.25) is 0 Å². The van der Waals surface area contributed by atoms with E-state index in [4.69, 9.17) is 0 Å². The van der Waals surface area contributed by atoms with Crippen LogP contribution < -0.4 is 10.0 Å². The molecule has 110 valence electrons. The van der Waals surface area contributed by atoms with Crippen LogP contribution in [0.5, 0.6) is 0 Å². The Bertz CT molecular complexity index is 297. The maximum atomic E-state index is 12.0. The highest BCUT2D eigenvalue weighted by Gasteiger charge is 2.19. The predicted octanol–water partition coefficient (Wildman–Crippen LogP) is 0.894. The zero-order chi connectivity index (χ0) is 14.0. The second-order valence-corrected chi connectivity index (χ2v) is 7.13. The Morgan fingerprint density at radius 2 is 2.06 bits per heavy atom. The molecule has 0 aliphatic rings. The predicted molar refractivity (Wildman–Crippen MR) is 80.3 cm³/mol. The van der Waals surface area contributed by atoms with E-state index >= 15 is 0 Å². The largest absolute Gasteiger partial charge is 0.317 e. The molecule has 0 saturated carbocycles. The van der Waals surface area contributed by atoms with Crippen LogP contribution >= 0.6 is 11.8 Å². The fourth-order valence-electron chi connectivity index (χ4n) is 1.42. The van der Waals surface area contributed by atoms with Crippen molar-refractivity contribution in [3.05, 3.63) is 0 Å². The van der Waals surface area contributed by atoms with Gasteiger partial charge in [-0.25, -0.2) is 0 Å². The molecule has 0 aliphatic heterocycles. The van der Waals surface area contributed by atoms with E-state index in [0.29, 0.717) is 6.54 Å². The van der Waals surface area contributed by atoms with Gasteiger partial charge in [0.2, 0.25) is 0 Å². The van der Waals surface area contributed by atoms with E-state index < -0.39 is 10.2 Å². The van der Waals surface area contributed by atoms with Crippen molar-refractivity contribution < 1.29 is 8.42 Å². The maximum Gasteiger partial charge on any atom is 0.279 e. The normalized spacial score (nSPS) is 14.1. The highest BCUT2D eigenvalue weighted by molar-refractivity contribution is 7.98. The first-order valence-electron chi connectivity index (χ1n) is 6.37. The summed E-state index contributed by atoms with van der Waals surface area (Å²) in [5.41, 5.74) is 0. The van der Waals surface area contributed by atoms with Gasteiger partial charge in [0.25, 0.3) is 10.2 Å². The van der Waals surface area contributed by atoms with E-state index in [1.54, 1.807) is 18.8 Å². The van der Waals surface area contributed by atoms with Crippen molar-refractivity contribution in [2.75, 3.05) is 38.7 Å². The van der Waals surface area contributed by atoms with Gasteiger partial charge in [-0.2, -0.15) is 29.2 Å². The molecule has 0 spiro atoms. The van der Waals surface area contributed by atoms with Gasteiger partial charge in [0.15, 0.2) is 0 Å². The van der Waals surface area contributed by atoms with Gasteiger partial charge in [-0.1, -0.05) is 6.92 Å². The van der Waals surface area contributed by atoms with Crippen LogP contribution in [0.15, 0.2) is 0 Å². The molecular weight excluding hydrogens is 270 g/mol. The fraction of sp³-hybridized carbons (Fsp3) is 1.00. The Morgan fingerprint density at radius 1 is 1.39 bits per heavy atom. The zero-order valence-corrected chi connectivity index (χ0v) is 13.5. The first-order valence-corrected chi connectivity index (χ1v) is 9.20. The van der Waals surface area contributed by atoms with Crippen LogP contribution in [0.3, 0.4) is 0 Å². The lowest BCUT2D eigenvalue weighted by Gasteiger charge is -2.21. The first kappa shape index (κ1) is 18.2. The third kappa shape index (κ3) is 8.31. The lowest BCUT2D eigenvalue weighted by Crippen LogP contribution is -2.43. The number of nitrogens with zero attached hydrogens (tertiary/aromatic N) is 1. The van der Waals surface area contributed by atoms with Crippen molar-refractivity contribution in [3.63, 3.8) is 0 Å². The average molecular weight is 297 g/mol. The third-order valence-electron chi connectivity index (χ3n) is 2.59. The second kappa shape index (κ2) is 10.0. The molecule has 0 bridgehead atoms. The molecule has 2 N–H and O–H groups in total. The van der Waals surface area contributed by atoms with Crippen LogP contribution in [0.4, 0.5) is 0 Å². The van der Waals surface area contributed by atoms with Crippen molar-refractivity contribution in [2.24, 2.45) is 0 Å². The molecule has 0 aromatic rings. The van der Waals surface area contributed by atoms with Crippen molar-refractivity contribution in [1.29, 1.82) is 0 Å². The summed E-state index contributed by atoms with van der Waals surface area (Å²) in [7, 11) is -1.71. The van der Waals surface area contributed by atoms with Gasteiger partial charge in [0.1, 0.15) is 0 Å². The minimum absolute atomic E-state index is 0.0151. The van der Waals surface area contributed by atoms with Gasteiger partial charge in [-0.15, -0.1) is 0 Å². The Kier molecular flexibility index (Phi) is 10.1. The summed E-state index contributed by atoms with van der Waals surface area (Å²) in [6, 6.07) is -0.0151. The Balaban J connectivity index is 4.02. The molecule has 0 radical (unpaired) electrons. The molecular formula is C11H27N3O2S2. The van der Waals surface area contributed by atoms with Crippen molar-refractivity contribution in [1.82, 2.24) is 14.3 Å². The molecule has 0 saturated heterocycles.